The van der Waals surface area contributed by atoms with Crippen molar-refractivity contribution in [2.45, 2.75) is 12.3 Å². The van der Waals surface area contributed by atoms with Gasteiger partial charge in [-0.1, -0.05) is 6.07 Å². The predicted molar refractivity (Wildman–Crippen MR) is 112 cm³/mol. The van der Waals surface area contributed by atoms with Gasteiger partial charge in [0.25, 0.3) is 0 Å². The molecule has 1 aliphatic rings. The van der Waals surface area contributed by atoms with E-state index in [1.165, 1.54) is 29.5 Å². The van der Waals surface area contributed by atoms with Gasteiger partial charge in [0.15, 0.2) is 16.6 Å². The molecule has 0 fully saturated rings. The molecule has 0 radical (unpaired) electrons. The second kappa shape index (κ2) is 8.11. The van der Waals surface area contributed by atoms with E-state index in [1.807, 2.05) is 11.4 Å². The highest BCUT2D eigenvalue weighted by Crippen LogP contribution is 2.36. The number of halogens is 1. The molecule has 0 spiro atoms. The Morgan fingerprint density at radius 1 is 1.20 bits per heavy atom. The molecule has 2 aromatic carbocycles. The van der Waals surface area contributed by atoms with Gasteiger partial charge in [-0.05, 0) is 35.9 Å². The van der Waals surface area contributed by atoms with E-state index in [0.29, 0.717) is 33.6 Å². The fourth-order valence-electron chi connectivity index (χ4n) is 3.32. The van der Waals surface area contributed by atoms with Crippen LogP contribution in [0, 0.1) is 5.82 Å². The van der Waals surface area contributed by atoms with Crippen molar-refractivity contribution in [3.8, 4) is 22.8 Å². The molecule has 0 aliphatic carbocycles. The van der Waals surface area contributed by atoms with Gasteiger partial charge in [-0.15, -0.1) is 11.3 Å². The lowest BCUT2D eigenvalue weighted by Crippen LogP contribution is -2.30. The van der Waals surface area contributed by atoms with E-state index in [-0.39, 0.29) is 18.2 Å². The first-order chi connectivity index (χ1) is 14.5. The van der Waals surface area contributed by atoms with Crippen LogP contribution in [-0.4, -0.2) is 31.0 Å². The van der Waals surface area contributed by atoms with Gasteiger partial charge in [-0.25, -0.2) is 9.37 Å². The monoisotopic (exact) mass is 427 g/mol. The molecule has 4 rings (SSSR count). The third-order valence-corrected chi connectivity index (χ3v) is 5.54. The van der Waals surface area contributed by atoms with E-state index < -0.39 is 11.7 Å². The highest BCUT2D eigenvalue weighted by Gasteiger charge is 2.31. The number of methoxy groups -OCH3 is 2. The van der Waals surface area contributed by atoms with Crippen LogP contribution in [-0.2, 0) is 9.59 Å². The zero-order valence-corrected chi connectivity index (χ0v) is 17.0. The number of thiazole rings is 1. The Bertz CT molecular complexity index is 1130. The van der Waals surface area contributed by atoms with Crippen LogP contribution in [0.3, 0.4) is 0 Å². The van der Waals surface area contributed by atoms with Crippen molar-refractivity contribution in [2.75, 3.05) is 24.9 Å². The lowest BCUT2D eigenvalue weighted by molar-refractivity contribution is -0.123. The van der Waals surface area contributed by atoms with Gasteiger partial charge in [0.2, 0.25) is 11.8 Å². The Morgan fingerprint density at radius 3 is 2.77 bits per heavy atom. The summed E-state index contributed by atoms with van der Waals surface area (Å²) in [6.07, 6.45) is -0.0155. The summed E-state index contributed by atoms with van der Waals surface area (Å²) in [6.45, 7) is 0. The minimum absolute atomic E-state index is 0.0155. The van der Waals surface area contributed by atoms with Crippen LogP contribution in [0.25, 0.3) is 11.3 Å². The van der Waals surface area contributed by atoms with E-state index in [9.17, 15) is 14.0 Å². The van der Waals surface area contributed by atoms with Gasteiger partial charge < -0.3 is 20.1 Å². The van der Waals surface area contributed by atoms with Crippen LogP contribution in [0.15, 0.2) is 41.8 Å². The summed E-state index contributed by atoms with van der Waals surface area (Å²) in [7, 11) is 3.12. The SMILES string of the molecule is COc1ccc(-c2csc(NC(=O)C3CC(=O)Nc4cc(F)ccc43)n2)cc1OC. The van der Waals surface area contributed by atoms with Crippen molar-refractivity contribution in [1.82, 2.24) is 4.98 Å². The van der Waals surface area contributed by atoms with Crippen molar-refractivity contribution in [2.24, 2.45) is 0 Å². The second-order valence-corrected chi connectivity index (χ2v) is 7.49. The van der Waals surface area contributed by atoms with Crippen LogP contribution in [0.5, 0.6) is 11.5 Å². The van der Waals surface area contributed by atoms with Crippen molar-refractivity contribution < 1.29 is 23.5 Å². The number of ether oxygens (including phenoxy) is 2. The summed E-state index contributed by atoms with van der Waals surface area (Å²) in [6, 6.07) is 9.43. The van der Waals surface area contributed by atoms with E-state index in [1.54, 1.807) is 26.4 Å². The summed E-state index contributed by atoms with van der Waals surface area (Å²) in [5.41, 5.74) is 2.36. The van der Waals surface area contributed by atoms with Crippen LogP contribution >= 0.6 is 11.3 Å². The van der Waals surface area contributed by atoms with Crippen molar-refractivity contribution in [3.63, 3.8) is 0 Å². The van der Waals surface area contributed by atoms with E-state index in [0.717, 1.165) is 5.56 Å². The maximum absolute atomic E-state index is 13.5. The molecule has 2 heterocycles. The van der Waals surface area contributed by atoms with Gasteiger partial charge in [0.1, 0.15) is 5.82 Å². The number of nitrogens with zero attached hydrogens (tertiary/aromatic N) is 1. The highest BCUT2D eigenvalue weighted by atomic mass is 32.1. The van der Waals surface area contributed by atoms with E-state index in [2.05, 4.69) is 15.6 Å². The molecule has 9 heteroatoms. The second-order valence-electron chi connectivity index (χ2n) is 6.63. The predicted octanol–water partition coefficient (Wildman–Crippen LogP) is 4.03. The summed E-state index contributed by atoms with van der Waals surface area (Å²) in [5.74, 6) is -0.719. The number of amides is 2. The zero-order chi connectivity index (χ0) is 21.3. The number of nitrogens with one attached hydrogen (secondary N) is 2. The summed E-state index contributed by atoms with van der Waals surface area (Å²) < 4.78 is 24.0. The number of fused-ring (bicyclic) bond motifs is 1. The summed E-state index contributed by atoms with van der Waals surface area (Å²) in [4.78, 5) is 29.3. The maximum Gasteiger partial charge on any atom is 0.234 e. The smallest absolute Gasteiger partial charge is 0.234 e. The van der Waals surface area contributed by atoms with Crippen molar-refractivity contribution >= 4 is 34.0 Å². The number of benzene rings is 2. The van der Waals surface area contributed by atoms with Gasteiger partial charge in [-0.2, -0.15) is 0 Å². The number of carbonyl (C=O) groups is 2. The molecule has 3 aromatic rings. The summed E-state index contributed by atoms with van der Waals surface area (Å²) in [5, 5.41) is 7.58. The van der Waals surface area contributed by atoms with Crippen molar-refractivity contribution in [1.29, 1.82) is 0 Å². The van der Waals surface area contributed by atoms with Crippen LogP contribution in [0.2, 0.25) is 0 Å². The number of aromatic nitrogens is 1. The molecule has 1 atom stereocenters. The third kappa shape index (κ3) is 3.84. The fraction of sp³-hybridized carbons (Fsp3) is 0.190. The first-order valence-electron chi connectivity index (χ1n) is 9.06. The topological polar surface area (TPSA) is 89.5 Å². The lowest BCUT2D eigenvalue weighted by Gasteiger charge is -2.24. The standard InChI is InChI=1S/C21H18FN3O4S/c1-28-17-6-3-11(7-18(17)29-2)16-10-30-21(24-16)25-20(27)14-9-19(26)23-15-8-12(22)4-5-13(14)15/h3-8,10,14H,9H2,1-2H3,(H,23,26)(H,24,25,27). The molecule has 2 amide bonds. The Morgan fingerprint density at radius 2 is 2.00 bits per heavy atom. The molecule has 1 aromatic heterocycles. The molecule has 1 aliphatic heterocycles. The molecule has 0 saturated heterocycles. The number of carbonyl (C=O) groups excluding carboxylic acids is 2. The summed E-state index contributed by atoms with van der Waals surface area (Å²) >= 11 is 1.27. The zero-order valence-electron chi connectivity index (χ0n) is 16.2. The highest BCUT2D eigenvalue weighted by molar-refractivity contribution is 7.14. The number of rotatable bonds is 5. The molecule has 2 N–H and O–H groups in total. The van der Waals surface area contributed by atoms with Crippen LogP contribution in [0.4, 0.5) is 15.2 Å². The average Bonchev–Trinajstić information content (AvgIpc) is 3.20. The number of anilines is 2. The minimum Gasteiger partial charge on any atom is -0.493 e. The first-order valence-corrected chi connectivity index (χ1v) is 9.94. The third-order valence-electron chi connectivity index (χ3n) is 4.78. The minimum atomic E-state index is -0.720. The van der Waals surface area contributed by atoms with E-state index >= 15 is 0 Å². The fourth-order valence-corrected chi connectivity index (χ4v) is 4.05. The van der Waals surface area contributed by atoms with Crippen LogP contribution < -0.4 is 20.1 Å². The molecule has 154 valence electrons. The molecule has 7 nitrogen and oxygen atoms in total. The Kier molecular flexibility index (Phi) is 5.37. The maximum atomic E-state index is 13.5. The Hall–Kier alpha value is -3.46. The molecule has 0 saturated carbocycles. The quantitative estimate of drug-likeness (QED) is 0.642. The van der Waals surface area contributed by atoms with Gasteiger partial charge >= 0.3 is 0 Å². The van der Waals surface area contributed by atoms with E-state index in [4.69, 9.17) is 9.47 Å². The van der Waals surface area contributed by atoms with Crippen LogP contribution in [0.1, 0.15) is 17.9 Å². The largest absolute Gasteiger partial charge is 0.493 e. The van der Waals surface area contributed by atoms with Gasteiger partial charge in [0.05, 0.1) is 25.8 Å². The normalized spacial score (nSPS) is 15.2. The molecule has 0 bridgehead atoms. The molecular formula is C21H18FN3O4S. The lowest BCUT2D eigenvalue weighted by atomic mass is 9.90. The van der Waals surface area contributed by atoms with Gasteiger partial charge in [0, 0.05) is 23.1 Å². The first kappa shape index (κ1) is 19.8. The van der Waals surface area contributed by atoms with Crippen molar-refractivity contribution in [3.05, 3.63) is 53.2 Å². The molecule has 30 heavy (non-hydrogen) atoms. The average molecular weight is 427 g/mol. The number of hydrogen-bond acceptors (Lipinski definition) is 6. The number of hydrogen-bond donors (Lipinski definition) is 2. The molecular weight excluding hydrogens is 409 g/mol. The Balaban J connectivity index is 1.55. The Labute approximate surface area is 175 Å². The van der Waals surface area contributed by atoms with Gasteiger partial charge in [-0.3, -0.25) is 9.59 Å². The molecule has 1 unspecified atom stereocenters.